The molecule has 0 bridgehead atoms. The van der Waals surface area contributed by atoms with Crippen molar-refractivity contribution in [2.24, 2.45) is 13.0 Å². The molecule has 1 aromatic heterocycles. The van der Waals surface area contributed by atoms with E-state index in [1.807, 2.05) is 20.2 Å². The van der Waals surface area contributed by atoms with Gasteiger partial charge < -0.3 is 10.0 Å². The summed E-state index contributed by atoms with van der Waals surface area (Å²) in [4.78, 5) is 24.2. The van der Waals surface area contributed by atoms with Crippen LogP contribution in [0.1, 0.15) is 24.6 Å². The summed E-state index contributed by atoms with van der Waals surface area (Å²) in [6, 6.07) is 0. The lowest BCUT2D eigenvalue weighted by Crippen LogP contribution is -2.26. The smallest absolute Gasteiger partial charge is 0.308 e. The van der Waals surface area contributed by atoms with E-state index in [4.69, 9.17) is 5.11 Å². The Morgan fingerprint density at radius 3 is 2.89 bits per heavy atom. The van der Waals surface area contributed by atoms with E-state index in [1.165, 1.54) is 0 Å². The Morgan fingerprint density at radius 2 is 2.33 bits per heavy atom. The van der Waals surface area contributed by atoms with Crippen LogP contribution in [0.25, 0.3) is 0 Å². The van der Waals surface area contributed by atoms with Gasteiger partial charge in [0, 0.05) is 38.3 Å². The van der Waals surface area contributed by atoms with Crippen molar-refractivity contribution in [2.45, 2.75) is 26.3 Å². The average Bonchev–Trinajstić information content (AvgIpc) is 2.84. The Kier molecular flexibility index (Phi) is 3.36. The van der Waals surface area contributed by atoms with E-state index in [2.05, 4.69) is 5.10 Å². The molecule has 18 heavy (non-hydrogen) atoms. The second-order valence-corrected chi connectivity index (χ2v) is 4.64. The zero-order valence-electron chi connectivity index (χ0n) is 10.6. The van der Waals surface area contributed by atoms with Gasteiger partial charge >= 0.3 is 5.97 Å². The van der Waals surface area contributed by atoms with Gasteiger partial charge in [0.15, 0.2) is 0 Å². The Hall–Kier alpha value is -1.85. The molecule has 1 aliphatic heterocycles. The van der Waals surface area contributed by atoms with Crippen LogP contribution in [0.3, 0.4) is 0 Å². The first-order valence-electron chi connectivity index (χ1n) is 6.03. The summed E-state index contributed by atoms with van der Waals surface area (Å²) in [5.74, 6) is -1.56. The summed E-state index contributed by atoms with van der Waals surface area (Å²) in [7, 11) is 1.84. The number of carbonyl (C=O) groups is 2. The van der Waals surface area contributed by atoms with E-state index in [0.717, 1.165) is 17.7 Å². The van der Waals surface area contributed by atoms with Crippen molar-refractivity contribution in [1.29, 1.82) is 0 Å². The number of carboxylic acid groups (broad SMARTS) is 1. The monoisotopic (exact) mass is 251 g/mol. The van der Waals surface area contributed by atoms with Crippen molar-refractivity contribution in [1.82, 2.24) is 14.7 Å². The second-order valence-electron chi connectivity index (χ2n) is 4.64. The summed E-state index contributed by atoms with van der Waals surface area (Å²) in [6.45, 7) is 2.77. The highest BCUT2D eigenvalue weighted by Crippen LogP contribution is 2.21. The van der Waals surface area contributed by atoms with Gasteiger partial charge in [-0.1, -0.05) is 6.92 Å². The summed E-state index contributed by atoms with van der Waals surface area (Å²) in [5, 5.41) is 13.2. The third-order valence-electron chi connectivity index (χ3n) is 3.25. The standard InChI is InChI=1S/C12H17N3O3/c1-3-10-9(5-14(2)13-10)7-15-6-8(12(17)18)4-11(15)16/h5,8H,3-4,6-7H2,1-2H3,(H,17,18). The number of likely N-dealkylation sites (tertiary alicyclic amines) is 1. The zero-order valence-corrected chi connectivity index (χ0v) is 10.6. The van der Waals surface area contributed by atoms with Gasteiger partial charge in [-0.2, -0.15) is 5.10 Å². The molecular formula is C12H17N3O3. The van der Waals surface area contributed by atoms with Gasteiger partial charge in [-0.05, 0) is 6.42 Å². The molecule has 0 aromatic carbocycles. The minimum atomic E-state index is -0.896. The number of aliphatic carboxylic acids is 1. The number of rotatable bonds is 4. The Morgan fingerprint density at radius 1 is 1.61 bits per heavy atom. The normalized spacial score (nSPS) is 19.6. The number of carbonyl (C=O) groups excluding carboxylic acids is 1. The van der Waals surface area contributed by atoms with E-state index in [-0.39, 0.29) is 12.3 Å². The molecule has 2 rings (SSSR count). The lowest BCUT2D eigenvalue weighted by atomic mass is 10.1. The number of nitrogens with zero attached hydrogens (tertiary/aromatic N) is 3. The van der Waals surface area contributed by atoms with Gasteiger partial charge in [-0.25, -0.2) is 0 Å². The van der Waals surface area contributed by atoms with Crippen LogP contribution < -0.4 is 0 Å². The predicted molar refractivity (Wildman–Crippen MR) is 63.7 cm³/mol. The second kappa shape index (κ2) is 4.80. The van der Waals surface area contributed by atoms with Gasteiger partial charge in [-0.15, -0.1) is 0 Å². The van der Waals surface area contributed by atoms with Crippen LogP contribution in [-0.2, 0) is 29.6 Å². The molecule has 98 valence electrons. The Labute approximate surface area is 105 Å². The van der Waals surface area contributed by atoms with Crippen molar-refractivity contribution in [2.75, 3.05) is 6.54 Å². The minimum Gasteiger partial charge on any atom is -0.481 e. The average molecular weight is 251 g/mol. The molecule has 1 N–H and O–H groups in total. The van der Waals surface area contributed by atoms with Crippen LogP contribution in [0.15, 0.2) is 6.20 Å². The van der Waals surface area contributed by atoms with Crippen LogP contribution in [0.4, 0.5) is 0 Å². The molecule has 0 saturated carbocycles. The summed E-state index contributed by atoms with van der Waals surface area (Å²) < 4.78 is 1.73. The van der Waals surface area contributed by atoms with Gasteiger partial charge in [0.25, 0.3) is 0 Å². The number of hydrogen-bond donors (Lipinski definition) is 1. The maximum Gasteiger partial charge on any atom is 0.308 e. The third kappa shape index (κ3) is 2.37. The van der Waals surface area contributed by atoms with Gasteiger partial charge in [0.1, 0.15) is 0 Å². The molecule has 0 spiro atoms. The predicted octanol–water partition coefficient (Wildman–Crippen LogP) is 0.416. The molecule has 1 atom stereocenters. The molecular weight excluding hydrogens is 234 g/mol. The molecule has 1 amide bonds. The first-order chi connectivity index (χ1) is 8.51. The van der Waals surface area contributed by atoms with E-state index in [0.29, 0.717) is 13.1 Å². The fourth-order valence-electron chi connectivity index (χ4n) is 2.31. The van der Waals surface area contributed by atoms with E-state index < -0.39 is 11.9 Å². The molecule has 0 radical (unpaired) electrons. The number of aromatic nitrogens is 2. The highest BCUT2D eigenvalue weighted by atomic mass is 16.4. The molecule has 6 nitrogen and oxygen atoms in total. The lowest BCUT2D eigenvalue weighted by molar-refractivity contribution is -0.141. The molecule has 1 unspecified atom stereocenters. The molecule has 0 aliphatic carbocycles. The number of aryl methyl sites for hydroxylation is 2. The Bertz CT molecular complexity index is 481. The van der Waals surface area contributed by atoms with Crippen LogP contribution in [0.5, 0.6) is 0 Å². The van der Waals surface area contributed by atoms with Crippen LogP contribution >= 0.6 is 0 Å². The fourth-order valence-corrected chi connectivity index (χ4v) is 2.31. The third-order valence-corrected chi connectivity index (χ3v) is 3.25. The minimum absolute atomic E-state index is 0.0895. The molecule has 1 aromatic rings. The van der Waals surface area contributed by atoms with Gasteiger partial charge in [0.2, 0.25) is 5.91 Å². The maximum atomic E-state index is 11.7. The summed E-state index contributed by atoms with van der Waals surface area (Å²) in [6.07, 6.45) is 2.80. The van der Waals surface area contributed by atoms with E-state index in [1.54, 1.807) is 9.58 Å². The quantitative estimate of drug-likeness (QED) is 0.841. The highest BCUT2D eigenvalue weighted by Gasteiger charge is 2.34. The van der Waals surface area contributed by atoms with Crippen molar-refractivity contribution in [3.05, 3.63) is 17.5 Å². The van der Waals surface area contributed by atoms with Crippen LogP contribution in [0, 0.1) is 5.92 Å². The molecule has 1 fully saturated rings. The van der Waals surface area contributed by atoms with Crippen molar-refractivity contribution in [3.8, 4) is 0 Å². The highest BCUT2D eigenvalue weighted by molar-refractivity contribution is 5.86. The lowest BCUT2D eigenvalue weighted by Gasteiger charge is -2.15. The fraction of sp³-hybridized carbons (Fsp3) is 0.583. The molecule has 1 aliphatic rings. The van der Waals surface area contributed by atoms with Crippen molar-refractivity contribution < 1.29 is 14.7 Å². The molecule has 2 heterocycles. The molecule has 1 saturated heterocycles. The van der Waals surface area contributed by atoms with Crippen molar-refractivity contribution >= 4 is 11.9 Å². The van der Waals surface area contributed by atoms with E-state index >= 15 is 0 Å². The van der Waals surface area contributed by atoms with Gasteiger partial charge in [0.05, 0.1) is 11.6 Å². The molecule has 6 heteroatoms. The van der Waals surface area contributed by atoms with Crippen molar-refractivity contribution in [3.63, 3.8) is 0 Å². The van der Waals surface area contributed by atoms with Crippen LogP contribution in [-0.4, -0.2) is 38.2 Å². The number of hydrogen-bond acceptors (Lipinski definition) is 3. The largest absolute Gasteiger partial charge is 0.481 e. The Balaban J connectivity index is 2.10. The first kappa shape index (κ1) is 12.6. The number of amides is 1. The first-order valence-corrected chi connectivity index (χ1v) is 6.03. The van der Waals surface area contributed by atoms with Crippen LogP contribution in [0.2, 0.25) is 0 Å². The summed E-state index contributed by atoms with van der Waals surface area (Å²) >= 11 is 0. The van der Waals surface area contributed by atoms with E-state index in [9.17, 15) is 9.59 Å². The SMILES string of the molecule is CCc1nn(C)cc1CN1CC(C(=O)O)CC1=O. The van der Waals surface area contributed by atoms with Gasteiger partial charge in [-0.3, -0.25) is 14.3 Å². The number of carboxylic acids is 1. The zero-order chi connectivity index (χ0) is 13.3. The maximum absolute atomic E-state index is 11.7. The summed E-state index contributed by atoms with van der Waals surface area (Å²) in [5.41, 5.74) is 1.96. The topological polar surface area (TPSA) is 75.4 Å².